The van der Waals surface area contributed by atoms with Crippen LogP contribution in [0.1, 0.15) is 18.9 Å². The molecule has 0 saturated carbocycles. The number of anilines is 1. The summed E-state index contributed by atoms with van der Waals surface area (Å²) < 4.78 is 0. The molecule has 0 radical (unpaired) electrons. The van der Waals surface area contributed by atoms with Crippen molar-refractivity contribution in [3.05, 3.63) is 29.8 Å². The Bertz CT molecular complexity index is 349. The molecule has 2 rings (SSSR count). The lowest BCUT2D eigenvalue weighted by Gasteiger charge is -2.34. The number of rotatable bonds is 3. The van der Waals surface area contributed by atoms with Gasteiger partial charge in [0.1, 0.15) is 0 Å². The molecule has 1 heterocycles. The van der Waals surface area contributed by atoms with E-state index >= 15 is 0 Å². The maximum absolute atomic E-state index is 5.96. The third-order valence-electron chi connectivity index (χ3n) is 3.50. The Labute approximate surface area is 102 Å². The lowest BCUT2D eigenvalue weighted by Crippen LogP contribution is -2.49. The van der Waals surface area contributed by atoms with Crippen LogP contribution in [0.5, 0.6) is 0 Å². The van der Waals surface area contributed by atoms with Crippen LogP contribution in [0.2, 0.25) is 0 Å². The quantitative estimate of drug-likeness (QED) is 0.847. The zero-order valence-corrected chi connectivity index (χ0v) is 10.8. The fraction of sp³-hybridized carbons (Fsp3) is 0.538. The first kappa shape index (κ1) is 11.8. The SMILES string of the molecule is Cc1ccc(NC2(CN)CCSC2C)cc1. The molecule has 1 aromatic carbocycles. The molecular weight excluding hydrogens is 216 g/mol. The summed E-state index contributed by atoms with van der Waals surface area (Å²) in [6.45, 7) is 5.08. The summed E-state index contributed by atoms with van der Waals surface area (Å²) in [6, 6.07) is 8.56. The van der Waals surface area contributed by atoms with Gasteiger partial charge in [0, 0.05) is 17.5 Å². The molecule has 2 unspecified atom stereocenters. The minimum atomic E-state index is 0.0833. The maximum Gasteiger partial charge on any atom is 0.0619 e. The van der Waals surface area contributed by atoms with Crippen molar-refractivity contribution in [2.24, 2.45) is 5.73 Å². The highest BCUT2D eigenvalue weighted by Crippen LogP contribution is 2.37. The first-order valence-electron chi connectivity index (χ1n) is 5.83. The number of hydrogen-bond acceptors (Lipinski definition) is 3. The van der Waals surface area contributed by atoms with Crippen molar-refractivity contribution in [1.29, 1.82) is 0 Å². The molecule has 3 N–H and O–H groups in total. The Morgan fingerprint density at radius 2 is 2.12 bits per heavy atom. The molecule has 0 spiro atoms. The summed E-state index contributed by atoms with van der Waals surface area (Å²) in [7, 11) is 0. The lowest BCUT2D eigenvalue weighted by molar-refractivity contribution is 0.480. The van der Waals surface area contributed by atoms with E-state index in [1.54, 1.807) is 0 Å². The fourth-order valence-electron chi connectivity index (χ4n) is 2.19. The summed E-state index contributed by atoms with van der Waals surface area (Å²) in [5.41, 5.74) is 8.52. The number of nitrogens with two attached hydrogens (primary N) is 1. The van der Waals surface area contributed by atoms with Gasteiger partial charge in [0.2, 0.25) is 0 Å². The van der Waals surface area contributed by atoms with Gasteiger partial charge in [0.15, 0.2) is 0 Å². The van der Waals surface area contributed by atoms with E-state index in [2.05, 4.69) is 43.4 Å². The van der Waals surface area contributed by atoms with Crippen molar-refractivity contribution in [3.63, 3.8) is 0 Å². The molecule has 16 heavy (non-hydrogen) atoms. The standard InChI is InChI=1S/C13H20N2S/c1-10-3-5-12(6-4-10)15-13(9-14)7-8-16-11(13)2/h3-6,11,15H,7-9,14H2,1-2H3. The summed E-state index contributed by atoms with van der Waals surface area (Å²) in [5, 5.41) is 4.22. The van der Waals surface area contributed by atoms with Crippen LogP contribution in [0.15, 0.2) is 24.3 Å². The van der Waals surface area contributed by atoms with Gasteiger partial charge in [-0.05, 0) is 31.2 Å². The molecule has 1 aliphatic rings. The van der Waals surface area contributed by atoms with E-state index in [0.29, 0.717) is 11.8 Å². The van der Waals surface area contributed by atoms with Gasteiger partial charge in [-0.25, -0.2) is 0 Å². The number of aryl methyl sites for hydroxylation is 1. The van der Waals surface area contributed by atoms with Crippen molar-refractivity contribution in [2.45, 2.75) is 31.1 Å². The Hall–Kier alpha value is -0.670. The first-order chi connectivity index (χ1) is 7.66. The minimum absolute atomic E-state index is 0.0833. The largest absolute Gasteiger partial charge is 0.377 e. The predicted octanol–water partition coefficient (Wildman–Crippen LogP) is 2.63. The second kappa shape index (κ2) is 4.68. The smallest absolute Gasteiger partial charge is 0.0619 e. The lowest BCUT2D eigenvalue weighted by atomic mass is 9.92. The van der Waals surface area contributed by atoms with E-state index in [1.165, 1.54) is 17.0 Å². The van der Waals surface area contributed by atoms with Gasteiger partial charge < -0.3 is 11.1 Å². The van der Waals surface area contributed by atoms with Crippen molar-refractivity contribution in [1.82, 2.24) is 0 Å². The van der Waals surface area contributed by atoms with Gasteiger partial charge in [-0.15, -0.1) is 0 Å². The molecule has 0 bridgehead atoms. The van der Waals surface area contributed by atoms with Crippen LogP contribution in [0.25, 0.3) is 0 Å². The molecule has 0 aliphatic carbocycles. The van der Waals surface area contributed by atoms with E-state index in [-0.39, 0.29) is 5.54 Å². The Morgan fingerprint density at radius 1 is 1.44 bits per heavy atom. The average molecular weight is 236 g/mol. The maximum atomic E-state index is 5.96. The van der Waals surface area contributed by atoms with Gasteiger partial charge in [0.05, 0.1) is 5.54 Å². The van der Waals surface area contributed by atoms with Crippen molar-refractivity contribution in [2.75, 3.05) is 17.6 Å². The van der Waals surface area contributed by atoms with Crippen LogP contribution in [0.4, 0.5) is 5.69 Å². The van der Waals surface area contributed by atoms with E-state index in [9.17, 15) is 0 Å². The number of benzene rings is 1. The monoisotopic (exact) mass is 236 g/mol. The predicted molar refractivity (Wildman–Crippen MR) is 73.1 cm³/mol. The highest BCUT2D eigenvalue weighted by atomic mass is 32.2. The van der Waals surface area contributed by atoms with Gasteiger partial charge >= 0.3 is 0 Å². The molecule has 2 atom stereocenters. The van der Waals surface area contributed by atoms with Crippen LogP contribution in [-0.2, 0) is 0 Å². The minimum Gasteiger partial charge on any atom is -0.377 e. The van der Waals surface area contributed by atoms with Crippen molar-refractivity contribution >= 4 is 17.4 Å². The van der Waals surface area contributed by atoms with Crippen LogP contribution in [-0.4, -0.2) is 23.1 Å². The van der Waals surface area contributed by atoms with E-state index in [0.717, 1.165) is 6.42 Å². The van der Waals surface area contributed by atoms with Crippen LogP contribution in [0, 0.1) is 6.92 Å². The third-order valence-corrected chi connectivity index (χ3v) is 4.89. The van der Waals surface area contributed by atoms with Crippen LogP contribution >= 0.6 is 11.8 Å². The molecule has 0 amide bonds. The molecule has 88 valence electrons. The van der Waals surface area contributed by atoms with Crippen molar-refractivity contribution in [3.8, 4) is 0 Å². The summed E-state index contributed by atoms with van der Waals surface area (Å²) in [5.74, 6) is 1.21. The fourth-order valence-corrected chi connectivity index (χ4v) is 3.62. The molecule has 1 aliphatic heterocycles. The third kappa shape index (κ3) is 2.20. The Morgan fingerprint density at radius 3 is 2.62 bits per heavy atom. The van der Waals surface area contributed by atoms with Crippen LogP contribution in [0.3, 0.4) is 0 Å². The van der Waals surface area contributed by atoms with Gasteiger partial charge in [0.25, 0.3) is 0 Å². The highest BCUT2D eigenvalue weighted by molar-refractivity contribution is 8.00. The van der Waals surface area contributed by atoms with Crippen molar-refractivity contribution < 1.29 is 0 Å². The number of nitrogens with one attached hydrogen (secondary N) is 1. The summed E-state index contributed by atoms with van der Waals surface area (Å²) in [4.78, 5) is 0. The number of hydrogen-bond donors (Lipinski definition) is 2. The normalized spacial score (nSPS) is 29.3. The second-order valence-corrected chi connectivity index (χ2v) is 6.06. The second-order valence-electron chi connectivity index (χ2n) is 4.61. The molecule has 0 aromatic heterocycles. The zero-order valence-electron chi connectivity index (χ0n) is 9.99. The topological polar surface area (TPSA) is 38.0 Å². The average Bonchev–Trinajstić information content (AvgIpc) is 2.64. The van der Waals surface area contributed by atoms with E-state index in [1.807, 2.05) is 11.8 Å². The Balaban J connectivity index is 2.15. The van der Waals surface area contributed by atoms with Crippen LogP contribution < -0.4 is 11.1 Å². The summed E-state index contributed by atoms with van der Waals surface area (Å²) in [6.07, 6.45) is 1.16. The van der Waals surface area contributed by atoms with Gasteiger partial charge in [-0.1, -0.05) is 24.6 Å². The van der Waals surface area contributed by atoms with E-state index < -0.39 is 0 Å². The molecule has 1 aromatic rings. The Kier molecular flexibility index (Phi) is 3.45. The first-order valence-corrected chi connectivity index (χ1v) is 6.88. The molecule has 1 saturated heterocycles. The molecule has 3 heteroatoms. The molecular formula is C13H20N2S. The number of thioether (sulfide) groups is 1. The highest BCUT2D eigenvalue weighted by Gasteiger charge is 2.39. The molecule has 2 nitrogen and oxygen atoms in total. The van der Waals surface area contributed by atoms with E-state index in [4.69, 9.17) is 5.73 Å². The molecule has 1 fully saturated rings. The summed E-state index contributed by atoms with van der Waals surface area (Å²) >= 11 is 2.01. The van der Waals surface area contributed by atoms with Gasteiger partial charge in [-0.3, -0.25) is 0 Å². The zero-order chi connectivity index (χ0) is 11.6. The van der Waals surface area contributed by atoms with Gasteiger partial charge in [-0.2, -0.15) is 11.8 Å².